The molecule has 0 saturated heterocycles. The first-order valence-electron chi connectivity index (χ1n) is 7.89. The fourth-order valence-corrected chi connectivity index (χ4v) is 5.80. The normalized spacial score (nSPS) is 13.8. The second-order valence-corrected chi connectivity index (χ2v) is 9.28. The number of rotatable bonds is 4. The van der Waals surface area contributed by atoms with Gasteiger partial charge in [-0.3, -0.25) is 4.55 Å². The van der Waals surface area contributed by atoms with Crippen LogP contribution in [0.2, 0.25) is 20.1 Å². The summed E-state index contributed by atoms with van der Waals surface area (Å²) in [6.07, 6.45) is 0. The molecule has 3 N–H and O–H groups in total. The van der Waals surface area contributed by atoms with Crippen LogP contribution in [-0.4, -0.2) is 23.2 Å². The Hall–Kier alpha value is -1.67. The van der Waals surface area contributed by atoms with E-state index in [1.807, 2.05) is 0 Å². The average molecular weight is 494 g/mol. The molecule has 10 heteroatoms. The summed E-state index contributed by atoms with van der Waals surface area (Å²) in [5.74, 6) is -1.10. The molecular formula is C19H12Cl4O5S. The number of aromatic hydroxyl groups is 2. The van der Waals surface area contributed by atoms with E-state index in [0.717, 1.165) is 12.1 Å². The summed E-state index contributed by atoms with van der Waals surface area (Å²) in [4.78, 5) is 0. The van der Waals surface area contributed by atoms with E-state index in [0.29, 0.717) is 5.02 Å². The van der Waals surface area contributed by atoms with Crippen LogP contribution in [0.15, 0.2) is 54.6 Å². The van der Waals surface area contributed by atoms with Gasteiger partial charge in [-0.2, -0.15) is 8.42 Å². The van der Waals surface area contributed by atoms with E-state index in [1.54, 1.807) is 0 Å². The van der Waals surface area contributed by atoms with Crippen molar-refractivity contribution in [3.63, 3.8) is 0 Å². The molecule has 0 aliphatic heterocycles. The zero-order valence-corrected chi connectivity index (χ0v) is 18.1. The molecule has 3 aromatic rings. The van der Waals surface area contributed by atoms with E-state index >= 15 is 0 Å². The molecule has 0 radical (unpaired) electrons. The molecule has 3 aromatic carbocycles. The van der Waals surface area contributed by atoms with Gasteiger partial charge in [0.2, 0.25) is 0 Å². The minimum absolute atomic E-state index is 0.0219. The second-order valence-electron chi connectivity index (χ2n) is 6.09. The Labute approximate surface area is 186 Å². The van der Waals surface area contributed by atoms with Crippen LogP contribution in [0.4, 0.5) is 0 Å². The summed E-state index contributed by atoms with van der Waals surface area (Å²) in [6.45, 7) is 0. The van der Waals surface area contributed by atoms with Gasteiger partial charge in [-0.1, -0.05) is 64.6 Å². The lowest BCUT2D eigenvalue weighted by molar-refractivity contribution is 0.444. The molecule has 3 rings (SSSR count). The zero-order chi connectivity index (χ0) is 21.6. The number of hydrogen-bond acceptors (Lipinski definition) is 4. The molecule has 0 aliphatic carbocycles. The molecule has 1 atom stereocenters. The molecule has 0 aromatic heterocycles. The van der Waals surface area contributed by atoms with Crippen molar-refractivity contribution in [1.82, 2.24) is 0 Å². The third kappa shape index (κ3) is 3.65. The zero-order valence-electron chi connectivity index (χ0n) is 14.3. The molecule has 29 heavy (non-hydrogen) atoms. The summed E-state index contributed by atoms with van der Waals surface area (Å²) in [5.41, 5.74) is -0.581. The molecule has 0 amide bonds. The van der Waals surface area contributed by atoms with E-state index < -0.39 is 31.4 Å². The lowest BCUT2D eigenvalue weighted by Gasteiger charge is -2.34. The Morgan fingerprint density at radius 2 is 1.38 bits per heavy atom. The van der Waals surface area contributed by atoms with Crippen LogP contribution in [0.25, 0.3) is 0 Å². The predicted octanol–water partition coefficient (Wildman–Crippen LogP) is 5.89. The van der Waals surface area contributed by atoms with Gasteiger partial charge in [-0.15, -0.1) is 0 Å². The van der Waals surface area contributed by atoms with Gasteiger partial charge in [0.1, 0.15) is 11.5 Å². The molecule has 152 valence electrons. The van der Waals surface area contributed by atoms with Crippen LogP contribution in [0.5, 0.6) is 11.5 Å². The molecule has 0 heterocycles. The summed E-state index contributed by atoms with van der Waals surface area (Å²) >= 11 is 24.8. The molecule has 5 nitrogen and oxygen atoms in total. The Bertz CT molecular complexity index is 1180. The SMILES string of the molecule is O=S(=O)(O)C(c1ccc(Cl)cc1)(c1cc(O)cc(O)c1Cl)c1c(Cl)cccc1Cl. The molecule has 1 unspecified atom stereocenters. The third-order valence-electron chi connectivity index (χ3n) is 4.37. The maximum absolute atomic E-state index is 13.0. The van der Waals surface area contributed by atoms with Crippen molar-refractivity contribution in [2.24, 2.45) is 0 Å². The highest BCUT2D eigenvalue weighted by Gasteiger charge is 2.52. The molecular weight excluding hydrogens is 482 g/mol. The highest BCUT2D eigenvalue weighted by Crippen LogP contribution is 2.53. The quantitative estimate of drug-likeness (QED) is 0.311. The number of phenolic OH excluding ortho intramolecular Hbond substituents is 2. The molecule has 0 aliphatic rings. The van der Waals surface area contributed by atoms with Crippen LogP contribution < -0.4 is 0 Å². The fraction of sp³-hybridized carbons (Fsp3) is 0.0526. The Morgan fingerprint density at radius 3 is 1.90 bits per heavy atom. The first kappa shape index (κ1) is 22.0. The van der Waals surface area contributed by atoms with Gasteiger partial charge in [0.15, 0.2) is 4.75 Å². The van der Waals surface area contributed by atoms with Gasteiger partial charge in [0, 0.05) is 32.3 Å². The topological polar surface area (TPSA) is 94.8 Å². The Balaban J connectivity index is 2.65. The highest BCUT2D eigenvalue weighted by atomic mass is 35.5. The first-order chi connectivity index (χ1) is 13.5. The summed E-state index contributed by atoms with van der Waals surface area (Å²) < 4.78 is 34.0. The average Bonchev–Trinajstić information content (AvgIpc) is 2.61. The lowest BCUT2D eigenvalue weighted by atomic mass is 9.83. The summed E-state index contributed by atoms with van der Waals surface area (Å²) in [5, 5.41) is 19.9. The molecule has 0 saturated carbocycles. The fourth-order valence-electron chi connectivity index (χ4n) is 3.22. The van der Waals surface area contributed by atoms with Crippen molar-refractivity contribution in [3.05, 3.63) is 91.4 Å². The second kappa shape index (κ2) is 7.87. The number of hydrogen-bond donors (Lipinski definition) is 3. The smallest absolute Gasteiger partial charge is 0.283 e. The number of halogens is 4. The van der Waals surface area contributed by atoms with Crippen LogP contribution in [0, 0.1) is 0 Å². The highest BCUT2D eigenvalue weighted by molar-refractivity contribution is 7.87. The molecule has 0 bridgehead atoms. The van der Waals surface area contributed by atoms with E-state index in [9.17, 15) is 23.2 Å². The largest absolute Gasteiger partial charge is 0.508 e. The van der Waals surface area contributed by atoms with E-state index in [2.05, 4.69) is 0 Å². The third-order valence-corrected chi connectivity index (χ3v) is 7.08. The predicted molar refractivity (Wildman–Crippen MR) is 114 cm³/mol. The van der Waals surface area contributed by atoms with Crippen molar-refractivity contribution in [2.75, 3.05) is 0 Å². The van der Waals surface area contributed by atoms with Crippen LogP contribution in [0.3, 0.4) is 0 Å². The van der Waals surface area contributed by atoms with Gasteiger partial charge in [-0.25, -0.2) is 0 Å². The van der Waals surface area contributed by atoms with Crippen molar-refractivity contribution in [2.45, 2.75) is 4.75 Å². The molecule has 0 spiro atoms. The van der Waals surface area contributed by atoms with Gasteiger partial charge >= 0.3 is 0 Å². The standard InChI is InChI=1S/C19H12Cl4O5S/c20-11-6-4-10(5-7-11)19(29(26,27)28,17-14(21)2-1-3-15(17)22)13-8-12(24)9-16(25)18(13)23/h1-9,24-25H,(H,26,27,28). The van der Waals surface area contributed by atoms with Crippen molar-refractivity contribution in [1.29, 1.82) is 0 Å². The number of phenols is 2. The summed E-state index contributed by atoms with van der Waals surface area (Å²) in [6, 6.07) is 11.7. The van der Waals surface area contributed by atoms with Crippen molar-refractivity contribution in [3.8, 4) is 11.5 Å². The van der Waals surface area contributed by atoms with E-state index in [1.165, 1.54) is 42.5 Å². The van der Waals surface area contributed by atoms with Gasteiger partial charge < -0.3 is 10.2 Å². The van der Waals surface area contributed by atoms with Gasteiger partial charge in [-0.05, 0) is 35.9 Å². The van der Waals surface area contributed by atoms with Crippen molar-refractivity contribution < 1.29 is 23.2 Å². The van der Waals surface area contributed by atoms with Crippen LogP contribution in [0.1, 0.15) is 16.7 Å². The molecule has 0 fully saturated rings. The van der Waals surface area contributed by atoms with E-state index in [4.69, 9.17) is 46.4 Å². The first-order valence-corrected chi connectivity index (χ1v) is 10.8. The van der Waals surface area contributed by atoms with Gasteiger partial charge in [0.05, 0.1) is 5.02 Å². The Morgan fingerprint density at radius 1 is 0.828 bits per heavy atom. The minimum atomic E-state index is -5.12. The number of benzene rings is 3. The van der Waals surface area contributed by atoms with E-state index in [-0.39, 0.29) is 26.7 Å². The maximum atomic E-state index is 13.0. The monoisotopic (exact) mass is 492 g/mol. The van der Waals surface area contributed by atoms with Crippen molar-refractivity contribution >= 4 is 56.5 Å². The summed E-state index contributed by atoms with van der Waals surface area (Å²) in [7, 11) is -5.12. The minimum Gasteiger partial charge on any atom is -0.508 e. The lowest BCUT2D eigenvalue weighted by Crippen LogP contribution is -2.39. The van der Waals surface area contributed by atoms with Crippen LogP contribution >= 0.6 is 46.4 Å². The Kier molecular flexibility index (Phi) is 5.98. The van der Waals surface area contributed by atoms with Crippen LogP contribution in [-0.2, 0) is 14.9 Å². The maximum Gasteiger partial charge on any atom is 0.283 e. The van der Waals surface area contributed by atoms with Gasteiger partial charge in [0.25, 0.3) is 10.1 Å².